The first-order valence-electron chi connectivity index (χ1n) is 9.39. The van der Waals surface area contributed by atoms with Crippen molar-refractivity contribution < 1.29 is 8.42 Å². The maximum atomic E-state index is 12.8. The largest absolute Gasteiger partial charge is 0.353 e. The minimum absolute atomic E-state index is 0.0488. The Hall–Kier alpha value is -1.63. The van der Waals surface area contributed by atoms with Crippen LogP contribution in [0.15, 0.2) is 47.5 Å². The zero-order valence-corrected chi connectivity index (χ0v) is 16.5. The number of likely N-dealkylation sites (tertiary alicyclic amines) is 1. The second kappa shape index (κ2) is 8.37. The van der Waals surface area contributed by atoms with E-state index in [0.29, 0.717) is 11.4 Å². The molecule has 1 fully saturated rings. The summed E-state index contributed by atoms with van der Waals surface area (Å²) >= 11 is 0. The van der Waals surface area contributed by atoms with Crippen LogP contribution in [0.1, 0.15) is 43.0 Å². The first-order chi connectivity index (χ1) is 12.5. The van der Waals surface area contributed by atoms with E-state index in [1.165, 1.54) is 25.7 Å². The minimum Gasteiger partial charge on any atom is -0.353 e. The van der Waals surface area contributed by atoms with Gasteiger partial charge in [-0.3, -0.25) is 4.90 Å². The average Bonchev–Trinajstić information content (AvgIpc) is 2.86. The molecular formula is C20H29N3O2S. The molecular weight excluding hydrogens is 346 g/mol. The Morgan fingerprint density at radius 1 is 1.08 bits per heavy atom. The van der Waals surface area contributed by atoms with Crippen LogP contribution >= 0.6 is 0 Å². The van der Waals surface area contributed by atoms with E-state index in [4.69, 9.17) is 0 Å². The molecule has 1 aliphatic heterocycles. The summed E-state index contributed by atoms with van der Waals surface area (Å²) in [5.41, 5.74) is 2.10. The van der Waals surface area contributed by atoms with Crippen LogP contribution in [-0.4, -0.2) is 37.5 Å². The van der Waals surface area contributed by atoms with E-state index in [1.807, 2.05) is 32.3 Å². The normalized spacial score (nSPS) is 17.8. The maximum absolute atomic E-state index is 12.8. The predicted octanol–water partition coefficient (Wildman–Crippen LogP) is 3.23. The molecule has 2 aromatic rings. The van der Waals surface area contributed by atoms with Crippen molar-refractivity contribution in [3.05, 3.63) is 53.9 Å². The van der Waals surface area contributed by atoms with Crippen LogP contribution in [0.5, 0.6) is 0 Å². The van der Waals surface area contributed by atoms with Crippen LogP contribution in [0.25, 0.3) is 0 Å². The third kappa shape index (κ3) is 4.55. The number of aryl methyl sites for hydroxylation is 2. The zero-order chi connectivity index (χ0) is 18.6. The molecule has 1 aromatic heterocycles. The molecule has 5 nitrogen and oxygen atoms in total. The molecule has 0 amide bonds. The van der Waals surface area contributed by atoms with E-state index >= 15 is 0 Å². The molecule has 1 unspecified atom stereocenters. The van der Waals surface area contributed by atoms with Gasteiger partial charge in [-0.15, -0.1) is 0 Å². The quantitative estimate of drug-likeness (QED) is 0.843. The van der Waals surface area contributed by atoms with E-state index in [1.54, 1.807) is 18.2 Å². The zero-order valence-electron chi connectivity index (χ0n) is 15.7. The first-order valence-corrected chi connectivity index (χ1v) is 10.9. The lowest BCUT2D eigenvalue weighted by Crippen LogP contribution is -2.39. The van der Waals surface area contributed by atoms with Gasteiger partial charge in [0.1, 0.15) is 0 Å². The molecule has 1 aliphatic rings. The lowest BCUT2D eigenvalue weighted by Gasteiger charge is -2.31. The van der Waals surface area contributed by atoms with Crippen LogP contribution in [0.3, 0.4) is 0 Å². The van der Waals surface area contributed by atoms with Gasteiger partial charge in [0.05, 0.1) is 10.9 Å². The number of aromatic nitrogens is 1. The Morgan fingerprint density at radius 2 is 1.81 bits per heavy atom. The molecule has 0 aliphatic carbocycles. The van der Waals surface area contributed by atoms with Crippen LogP contribution in [0.4, 0.5) is 0 Å². The molecule has 1 atom stereocenters. The van der Waals surface area contributed by atoms with Crippen molar-refractivity contribution in [3.8, 4) is 0 Å². The Morgan fingerprint density at radius 3 is 2.42 bits per heavy atom. The second-order valence-electron chi connectivity index (χ2n) is 7.18. The highest BCUT2D eigenvalue weighted by Crippen LogP contribution is 2.24. The number of hydrogen-bond acceptors (Lipinski definition) is 3. The maximum Gasteiger partial charge on any atom is 0.240 e. The third-order valence-corrected chi connectivity index (χ3v) is 6.59. The molecule has 2 heterocycles. The molecule has 3 rings (SSSR count). The number of benzene rings is 1. The van der Waals surface area contributed by atoms with Gasteiger partial charge in [0, 0.05) is 25.5 Å². The van der Waals surface area contributed by atoms with Crippen molar-refractivity contribution >= 4 is 10.0 Å². The fourth-order valence-electron chi connectivity index (χ4n) is 3.70. The van der Waals surface area contributed by atoms with Gasteiger partial charge in [0.25, 0.3) is 0 Å². The summed E-state index contributed by atoms with van der Waals surface area (Å²) in [7, 11) is -1.49. The Balaban J connectivity index is 1.80. The number of rotatable bonds is 6. The summed E-state index contributed by atoms with van der Waals surface area (Å²) in [6, 6.07) is 11.2. The summed E-state index contributed by atoms with van der Waals surface area (Å²) in [6.45, 7) is 4.32. The van der Waals surface area contributed by atoms with Gasteiger partial charge in [-0.2, -0.15) is 0 Å². The molecule has 6 heteroatoms. The van der Waals surface area contributed by atoms with Crippen molar-refractivity contribution in [2.45, 2.75) is 43.5 Å². The summed E-state index contributed by atoms with van der Waals surface area (Å²) in [6.07, 6.45) is 6.88. The predicted molar refractivity (Wildman–Crippen MR) is 105 cm³/mol. The number of sulfonamides is 1. The Bertz CT molecular complexity index is 821. The van der Waals surface area contributed by atoms with E-state index in [-0.39, 0.29) is 6.04 Å². The lowest BCUT2D eigenvalue weighted by molar-refractivity contribution is 0.199. The lowest BCUT2D eigenvalue weighted by atomic mass is 10.1. The molecule has 1 saturated heterocycles. The second-order valence-corrected chi connectivity index (χ2v) is 8.95. The molecule has 0 saturated carbocycles. The van der Waals surface area contributed by atoms with E-state index in [9.17, 15) is 8.42 Å². The number of hydrogen-bond donors (Lipinski definition) is 1. The topological polar surface area (TPSA) is 54.3 Å². The van der Waals surface area contributed by atoms with E-state index in [0.717, 1.165) is 24.3 Å². The van der Waals surface area contributed by atoms with Crippen molar-refractivity contribution in [2.24, 2.45) is 7.05 Å². The fourth-order valence-corrected chi connectivity index (χ4v) is 4.85. The molecule has 1 N–H and O–H groups in total. The third-order valence-electron chi connectivity index (χ3n) is 5.17. The molecule has 0 spiro atoms. The van der Waals surface area contributed by atoms with Crippen LogP contribution in [0.2, 0.25) is 0 Å². The van der Waals surface area contributed by atoms with Crippen LogP contribution in [-0.2, 0) is 17.1 Å². The van der Waals surface area contributed by atoms with Gasteiger partial charge >= 0.3 is 0 Å². The Labute approximate surface area is 157 Å². The molecule has 0 bridgehead atoms. The van der Waals surface area contributed by atoms with Gasteiger partial charge in [-0.05, 0) is 62.7 Å². The Kier molecular flexibility index (Phi) is 6.16. The van der Waals surface area contributed by atoms with Crippen LogP contribution < -0.4 is 4.72 Å². The fraction of sp³-hybridized carbons (Fsp3) is 0.500. The first kappa shape index (κ1) is 19.1. The number of nitrogens with one attached hydrogen (secondary N) is 1. The van der Waals surface area contributed by atoms with Crippen molar-refractivity contribution in [3.63, 3.8) is 0 Å². The van der Waals surface area contributed by atoms with Gasteiger partial charge < -0.3 is 4.57 Å². The molecule has 26 heavy (non-hydrogen) atoms. The molecule has 1 aromatic carbocycles. The van der Waals surface area contributed by atoms with Crippen molar-refractivity contribution in [1.82, 2.24) is 14.2 Å². The summed E-state index contributed by atoms with van der Waals surface area (Å²) in [5.74, 6) is 0. The average molecular weight is 376 g/mol. The smallest absolute Gasteiger partial charge is 0.240 e. The van der Waals surface area contributed by atoms with E-state index in [2.05, 4.69) is 20.3 Å². The highest BCUT2D eigenvalue weighted by molar-refractivity contribution is 7.89. The van der Waals surface area contributed by atoms with E-state index < -0.39 is 10.0 Å². The van der Waals surface area contributed by atoms with Crippen molar-refractivity contribution in [1.29, 1.82) is 0 Å². The van der Waals surface area contributed by atoms with Gasteiger partial charge in [-0.25, -0.2) is 13.1 Å². The van der Waals surface area contributed by atoms with Gasteiger partial charge in [0.2, 0.25) is 10.0 Å². The summed E-state index contributed by atoms with van der Waals surface area (Å²) < 4.78 is 30.5. The standard InChI is InChI=1S/C20H29N3O2S/c1-17-9-7-10-18(15-17)26(24,25)21-16-20(19-11-8-12-22(19)2)23-13-5-3-4-6-14-23/h7-12,15,20-21H,3-6,13-14,16H2,1-2H3. The van der Waals surface area contributed by atoms with Gasteiger partial charge in [-0.1, -0.05) is 25.0 Å². The van der Waals surface area contributed by atoms with Crippen molar-refractivity contribution in [2.75, 3.05) is 19.6 Å². The highest BCUT2D eigenvalue weighted by Gasteiger charge is 2.25. The summed E-state index contributed by atoms with van der Waals surface area (Å²) in [5, 5.41) is 0. The molecule has 142 valence electrons. The summed E-state index contributed by atoms with van der Waals surface area (Å²) in [4.78, 5) is 2.76. The number of nitrogens with zero attached hydrogens (tertiary/aromatic N) is 2. The molecule has 0 radical (unpaired) electrons. The highest BCUT2D eigenvalue weighted by atomic mass is 32.2. The monoisotopic (exact) mass is 375 g/mol. The SMILES string of the molecule is Cc1cccc(S(=O)(=O)NCC(c2cccn2C)N2CCCCCC2)c1. The van der Waals surface area contributed by atoms with Gasteiger partial charge in [0.15, 0.2) is 0 Å². The van der Waals surface area contributed by atoms with Crippen LogP contribution in [0, 0.1) is 6.92 Å². The minimum atomic E-state index is -3.52.